The molecule has 22 heavy (non-hydrogen) atoms. The summed E-state index contributed by atoms with van der Waals surface area (Å²) < 4.78 is 27.5. The van der Waals surface area contributed by atoms with Gasteiger partial charge in [-0.25, -0.2) is 13.1 Å². The van der Waals surface area contributed by atoms with Gasteiger partial charge in [0.25, 0.3) is 0 Å². The van der Waals surface area contributed by atoms with Gasteiger partial charge < -0.3 is 5.11 Å². The maximum atomic E-state index is 12.3. The molecule has 0 fully saturated rings. The van der Waals surface area contributed by atoms with Gasteiger partial charge in [0, 0.05) is 24.3 Å². The van der Waals surface area contributed by atoms with E-state index >= 15 is 0 Å². The van der Waals surface area contributed by atoms with Crippen molar-refractivity contribution in [2.24, 2.45) is 0 Å². The van der Waals surface area contributed by atoms with Crippen molar-refractivity contribution in [2.75, 3.05) is 6.54 Å². The van der Waals surface area contributed by atoms with E-state index in [0.29, 0.717) is 17.1 Å². The Hall–Kier alpha value is -1.21. The molecule has 2 N–H and O–H groups in total. The van der Waals surface area contributed by atoms with Crippen LogP contribution in [0.1, 0.15) is 22.9 Å². The Balaban J connectivity index is 1.70. The zero-order chi connectivity index (χ0) is 15.8. The van der Waals surface area contributed by atoms with E-state index < -0.39 is 15.6 Å². The number of aliphatic hydroxyl groups is 1. The predicted octanol–water partition coefficient (Wildman–Crippen LogP) is 2.12. The van der Waals surface area contributed by atoms with Crippen molar-refractivity contribution in [1.82, 2.24) is 4.72 Å². The Morgan fingerprint density at radius 2 is 1.82 bits per heavy atom. The lowest BCUT2D eigenvalue weighted by Crippen LogP contribution is -2.43. The molecule has 0 saturated carbocycles. The van der Waals surface area contributed by atoms with Gasteiger partial charge in [0.2, 0.25) is 10.0 Å². The fourth-order valence-corrected chi connectivity index (χ4v) is 5.25. The minimum Gasteiger partial charge on any atom is -0.388 e. The first-order valence-corrected chi connectivity index (χ1v) is 9.59. The number of benzene rings is 1. The molecule has 0 spiro atoms. The average molecular weight is 337 g/mol. The van der Waals surface area contributed by atoms with Crippen LogP contribution < -0.4 is 4.72 Å². The number of hydrogen-bond acceptors (Lipinski definition) is 4. The van der Waals surface area contributed by atoms with E-state index in [1.165, 1.54) is 11.3 Å². The molecular weight excluding hydrogens is 318 g/mol. The van der Waals surface area contributed by atoms with Crippen LogP contribution >= 0.6 is 11.3 Å². The van der Waals surface area contributed by atoms with Gasteiger partial charge in [-0.3, -0.25) is 0 Å². The molecule has 118 valence electrons. The summed E-state index contributed by atoms with van der Waals surface area (Å²) in [4.78, 5) is 1.03. The van der Waals surface area contributed by atoms with Gasteiger partial charge in [0.1, 0.15) is 4.21 Å². The zero-order valence-electron chi connectivity index (χ0n) is 12.4. The van der Waals surface area contributed by atoms with Crippen LogP contribution in [0.3, 0.4) is 0 Å². The molecule has 0 bridgehead atoms. The van der Waals surface area contributed by atoms with Crippen LogP contribution in [-0.2, 0) is 29.3 Å². The van der Waals surface area contributed by atoms with Gasteiger partial charge >= 0.3 is 0 Å². The standard InChI is InChI=1S/C16H19NO3S2/c1-2-14-7-8-15(21-14)22(19,20)17-11-16(18)9-12-5-3-4-6-13(12)10-16/h3-8,17-18H,2,9-11H2,1H3. The Bertz CT molecular complexity index is 755. The first-order valence-electron chi connectivity index (χ1n) is 7.29. The maximum Gasteiger partial charge on any atom is 0.250 e. The molecule has 1 heterocycles. The Morgan fingerprint density at radius 1 is 1.18 bits per heavy atom. The third-order valence-electron chi connectivity index (χ3n) is 4.00. The minimum atomic E-state index is -3.55. The van der Waals surface area contributed by atoms with Gasteiger partial charge in [0.05, 0.1) is 5.60 Å². The number of nitrogens with one attached hydrogen (secondary N) is 1. The van der Waals surface area contributed by atoms with Gasteiger partial charge in [0.15, 0.2) is 0 Å². The third-order valence-corrected chi connectivity index (χ3v) is 7.12. The second-order valence-electron chi connectivity index (χ2n) is 5.75. The number of hydrogen-bond donors (Lipinski definition) is 2. The molecular formula is C16H19NO3S2. The fraction of sp³-hybridized carbons (Fsp3) is 0.375. The van der Waals surface area contributed by atoms with Gasteiger partial charge in [-0.2, -0.15) is 0 Å². The number of sulfonamides is 1. The zero-order valence-corrected chi connectivity index (χ0v) is 14.0. The molecule has 6 heteroatoms. The summed E-state index contributed by atoms with van der Waals surface area (Å²) in [7, 11) is -3.55. The number of fused-ring (bicyclic) bond motifs is 1. The smallest absolute Gasteiger partial charge is 0.250 e. The summed E-state index contributed by atoms with van der Waals surface area (Å²) in [5.41, 5.74) is 1.14. The highest BCUT2D eigenvalue weighted by Gasteiger charge is 2.36. The molecule has 3 rings (SSSR count). The Kier molecular flexibility index (Phi) is 4.11. The molecule has 0 unspecified atom stereocenters. The molecule has 4 nitrogen and oxygen atoms in total. The van der Waals surface area contributed by atoms with E-state index in [1.807, 2.05) is 37.3 Å². The van der Waals surface area contributed by atoms with Crippen LogP contribution in [-0.4, -0.2) is 25.7 Å². The number of aryl methyl sites for hydroxylation is 1. The lowest BCUT2D eigenvalue weighted by molar-refractivity contribution is 0.0568. The summed E-state index contributed by atoms with van der Waals surface area (Å²) in [6.45, 7) is 2.03. The van der Waals surface area contributed by atoms with Crippen LogP contribution in [0.2, 0.25) is 0 Å². The Labute approximate surface area is 134 Å². The van der Waals surface area contributed by atoms with Crippen LogP contribution in [0.4, 0.5) is 0 Å². The van der Waals surface area contributed by atoms with Crippen LogP contribution in [0, 0.1) is 0 Å². The van der Waals surface area contributed by atoms with Crippen molar-refractivity contribution < 1.29 is 13.5 Å². The summed E-state index contributed by atoms with van der Waals surface area (Å²) in [5.74, 6) is 0. The van der Waals surface area contributed by atoms with Gasteiger partial charge in [-0.1, -0.05) is 31.2 Å². The van der Waals surface area contributed by atoms with E-state index in [9.17, 15) is 13.5 Å². The summed E-state index contributed by atoms with van der Waals surface area (Å²) in [6, 6.07) is 11.3. The molecule has 1 aliphatic rings. The molecule has 0 saturated heterocycles. The topological polar surface area (TPSA) is 66.4 Å². The minimum absolute atomic E-state index is 0.0311. The Morgan fingerprint density at radius 3 is 2.36 bits per heavy atom. The normalized spacial score (nSPS) is 16.6. The fourth-order valence-electron chi connectivity index (χ4n) is 2.79. The summed E-state index contributed by atoms with van der Waals surface area (Å²) in [5, 5.41) is 10.7. The highest BCUT2D eigenvalue weighted by atomic mass is 32.2. The molecule has 0 radical (unpaired) electrons. The van der Waals surface area contributed by atoms with Gasteiger partial charge in [-0.05, 0) is 29.7 Å². The molecule has 1 aromatic heterocycles. The lowest BCUT2D eigenvalue weighted by Gasteiger charge is -2.22. The van der Waals surface area contributed by atoms with Crippen molar-refractivity contribution in [3.8, 4) is 0 Å². The number of rotatable bonds is 5. The quantitative estimate of drug-likeness (QED) is 0.878. The number of thiophene rings is 1. The van der Waals surface area contributed by atoms with Crippen molar-refractivity contribution in [2.45, 2.75) is 36.0 Å². The molecule has 2 aromatic rings. The van der Waals surface area contributed by atoms with Crippen molar-refractivity contribution in [3.63, 3.8) is 0 Å². The molecule has 1 aliphatic carbocycles. The van der Waals surface area contributed by atoms with E-state index in [4.69, 9.17) is 0 Å². The van der Waals surface area contributed by atoms with Crippen LogP contribution in [0.15, 0.2) is 40.6 Å². The second kappa shape index (κ2) is 5.77. The molecule has 0 amide bonds. The third kappa shape index (κ3) is 3.10. The second-order valence-corrected chi connectivity index (χ2v) is 8.91. The molecule has 0 aliphatic heterocycles. The average Bonchev–Trinajstić information content (AvgIpc) is 3.09. The SMILES string of the molecule is CCc1ccc(S(=O)(=O)NCC2(O)Cc3ccccc3C2)s1. The molecule has 0 atom stereocenters. The van der Waals surface area contributed by atoms with Crippen LogP contribution in [0.25, 0.3) is 0 Å². The van der Waals surface area contributed by atoms with Crippen molar-refractivity contribution in [1.29, 1.82) is 0 Å². The highest BCUT2D eigenvalue weighted by molar-refractivity contribution is 7.91. The highest BCUT2D eigenvalue weighted by Crippen LogP contribution is 2.30. The van der Waals surface area contributed by atoms with Crippen molar-refractivity contribution >= 4 is 21.4 Å². The van der Waals surface area contributed by atoms with Crippen LogP contribution in [0.5, 0.6) is 0 Å². The van der Waals surface area contributed by atoms with E-state index in [0.717, 1.165) is 22.4 Å². The van der Waals surface area contributed by atoms with E-state index in [1.54, 1.807) is 6.07 Å². The lowest BCUT2D eigenvalue weighted by atomic mass is 10.0. The summed E-state index contributed by atoms with van der Waals surface area (Å²) >= 11 is 1.28. The van der Waals surface area contributed by atoms with Gasteiger partial charge in [-0.15, -0.1) is 11.3 Å². The van der Waals surface area contributed by atoms with E-state index in [2.05, 4.69) is 4.72 Å². The maximum absolute atomic E-state index is 12.3. The van der Waals surface area contributed by atoms with E-state index in [-0.39, 0.29) is 6.54 Å². The largest absolute Gasteiger partial charge is 0.388 e. The first kappa shape index (κ1) is 15.7. The predicted molar refractivity (Wildman–Crippen MR) is 87.7 cm³/mol. The van der Waals surface area contributed by atoms with Crippen molar-refractivity contribution in [3.05, 3.63) is 52.4 Å². The molecule has 1 aromatic carbocycles. The first-order chi connectivity index (χ1) is 10.4. The summed E-state index contributed by atoms with van der Waals surface area (Å²) in [6.07, 6.45) is 1.78. The monoisotopic (exact) mass is 337 g/mol.